The summed E-state index contributed by atoms with van der Waals surface area (Å²) in [6, 6.07) is 8.09. The molecule has 4 rings (SSSR count). The van der Waals surface area contributed by atoms with Crippen LogP contribution in [0.25, 0.3) is 16.0 Å². The van der Waals surface area contributed by atoms with Crippen molar-refractivity contribution in [3.05, 3.63) is 30.0 Å². The lowest BCUT2D eigenvalue weighted by molar-refractivity contribution is -0.119. The first-order valence-electron chi connectivity index (χ1n) is 8.56. The van der Waals surface area contributed by atoms with Crippen molar-refractivity contribution >= 4 is 32.7 Å². The van der Waals surface area contributed by atoms with Crippen molar-refractivity contribution in [1.29, 1.82) is 0 Å². The summed E-state index contributed by atoms with van der Waals surface area (Å²) in [5.74, 6) is 0.844. The van der Waals surface area contributed by atoms with E-state index in [-0.39, 0.29) is 5.91 Å². The molecule has 1 N–H and O–H groups in total. The van der Waals surface area contributed by atoms with E-state index < -0.39 is 0 Å². The predicted molar refractivity (Wildman–Crippen MR) is 102 cm³/mol. The van der Waals surface area contributed by atoms with Crippen LogP contribution in [-0.2, 0) is 4.79 Å². The molecule has 0 atom stereocenters. The lowest BCUT2D eigenvalue weighted by Gasteiger charge is -2.15. The molecule has 26 heavy (non-hydrogen) atoms. The summed E-state index contributed by atoms with van der Waals surface area (Å²) < 4.78 is 8.08. The minimum absolute atomic E-state index is 0.0442. The molecule has 1 fully saturated rings. The summed E-state index contributed by atoms with van der Waals surface area (Å²) >= 11 is 1.56. The van der Waals surface area contributed by atoms with Crippen LogP contribution in [0.1, 0.15) is 18.5 Å². The van der Waals surface area contributed by atoms with Gasteiger partial charge in [0.05, 0.1) is 29.7 Å². The highest BCUT2D eigenvalue weighted by atomic mass is 32.1. The number of likely N-dealkylation sites (N-methyl/N-ethyl adjacent to an activating group) is 1. The number of aryl methyl sites for hydroxylation is 1. The Morgan fingerprint density at radius 1 is 1.38 bits per heavy atom. The van der Waals surface area contributed by atoms with Gasteiger partial charge in [-0.05, 0) is 44.0 Å². The molecule has 1 amide bonds. The summed E-state index contributed by atoms with van der Waals surface area (Å²) in [6.45, 7) is 2.28. The number of carbonyl (C=O) groups is 1. The second-order valence-electron chi connectivity index (χ2n) is 6.54. The van der Waals surface area contributed by atoms with Crippen molar-refractivity contribution in [3.8, 4) is 11.4 Å². The summed E-state index contributed by atoms with van der Waals surface area (Å²) in [5, 5.41) is 8.43. The summed E-state index contributed by atoms with van der Waals surface area (Å²) in [6.07, 6.45) is 2.18. The highest BCUT2D eigenvalue weighted by molar-refractivity contribution is 7.22. The van der Waals surface area contributed by atoms with Gasteiger partial charge in [0.1, 0.15) is 5.75 Å². The van der Waals surface area contributed by atoms with Crippen LogP contribution in [0.5, 0.6) is 5.75 Å². The number of aromatic nitrogens is 3. The van der Waals surface area contributed by atoms with E-state index >= 15 is 0 Å². The normalized spacial score (nSPS) is 13.8. The molecular weight excluding hydrogens is 350 g/mol. The zero-order valence-electron chi connectivity index (χ0n) is 15.0. The Labute approximate surface area is 155 Å². The largest absolute Gasteiger partial charge is 0.497 e. The topological polar surface area (TPSA) is 72.3 Å². The second-order valence-corrected chi connectivity index (χ2v) is 7.52. The summed E-state index contributed by atoms with van der Waals surface area (Å²) in [5.41, 5.74) is 2.66. The molecule has 0 aliphatic heterocycles. The maximum Gasteiger partial charge on any atom is 0.239 e. The van der Waals surface area contributed by atoms with Crippen LogP contribution in [0.3, 0.4) is 0 Å². The van der Waals surface area contributed by atoms with Crippen molar-refractivity contribution in [2.24, 2.45) is 0 Å². The van der Waals surface area contributed by atoms with E-state index in [0.717, 1.165) is 45.5 Å². The van der Waals surface area contributed by atoms with Crippen molar-refractivity contribution in [3.63, 3.8) is 0 Å². The number of ether oxygens (including phenoxy) is 1. The average Bonchev–Trinajstić information content (AvgIpc) is 3.23. The van der Waals surface area contributed by atoms with Crippen molar-refractivity contribution in [2.75, 3.05) is 25.6 Å². The van der Waals surface area contributed by atoms with Crippen LogP contribution in [-0.4, -0.2) is 47.4 Å². The first kappa shape index (κ1) is 16.8. The number of carbonyl (C=O) groups excluding carboxylic acids is 1. The van der Waals surface area contributed by atoms with Crippen molar-refractivity contribution in [2.45, 2.75) is 25.8 Å². The molecule has 2 aromatic heterocycles. The van der Waals surface area contributed by atoms with Gasteiger partial charge in [-0.1, -0.05) is 11.3 Å². The van der Waals surface area contributed by atoms with Crippen LogP contribution in [0.2, 0.25) is 0 Å². The molecule has 0 unspecified atom stereocenters. The quantitative estimate of drug-likeness (QED) is 0.721. The highest BCUT2D eigenvalue weighted by Crippen LogP contribution is 2.32. The van der Waals surface area contributed by atoms with Crippen molar-refractivity contribution in [1.82, 2.24) is 20.1 Å². The summed E-state index contributed by atoms with van der Waals surface area (Å²) in [4.78, 5) is 18.7. The van der Waals surface area contributed by atoms with Crippen LogP contribution < -0.4 is 15.0 Å². The third-order valence-corrected chi connectivity index (χ3v) is 5.61. The van der Waals surface area contributed by atoms with Gasteiger partial charge in [-0.3, -0.25) is 4.79 Å². The van der Waals surface area contributed by atoms with E-state index in [0.29, 0.717) is 12.6 Å². The molecule has 8 heteroatoms. The number of thiazole rings is 1. The molecular formula is C18H21N5O2S. The smallest absolute Gasteiger partial charge is 0.239 e. The van der Waals surface area contributed by atoms with Gasteiger partial charge in [-0.2, -0.15) is 10.1 Å². The molecule has 0 saturated heterocycles. The van der Waals surface area contributed by atoms with E-state index in [9.17, 15) is 4.79 Å². The van der Waals surface area contributed by atoms with Crippen LogP contribution in [0, 0.1) is 6.92 Å². The van der Waals surface area contributed by atoms with E-state index in [1.165, 1.54) is 0 Å². The minimum atomic E-state index is 0.0442. The Balaban J connectivity index is 1.60. The summed E-state index contributed by atoms with van der Waals surface area (Å²) in [7, 11) is 3.54. The molecule has 136 valence electrons. The standard InChI is InChI=1S/C18H21N5O2S/c1-11-16-17(23(21-11)13-6-8-14(25-3)9-7-13)20-18(26-16)22(2)10-15(24)19-12-4-5-12/h6-9,12H,4-5,10H2,1-3H3,(H,19,24). The number of rotatable bonds is 6. The van der Waals surface area contributed by atoms with Crippen LogP contribution in [0.15, 0.2) is 24.3 Å². The van der Waals surface area contributed by atoms with Gasteiger partial charge >= 0.3 is 0 Å². The van der Waals surface area contributed by atoms with E-state index in [1.54, 1.807) is 18.4 Å². The Morgan fingerprint density at radius 3 is 2.77 bits per heavy atom. The number of anilines is 1. The van der Waals surface area contributed by atoms with E-state index in [4.69, 9.17) is 9.72 Å². The number of hydrogen-bond acceptors (Lipinski definition) is 6. The van der Waals surface area contributed by atoms with Crippen LogP contribution in [0.4, 0.5) is 5.13 Å². The third-order valence-electron chi connectivity index (χ3n) is 4.34. The molecule has 1 aromatic carbocycles. The first-order valence-corrected chi connectivity index (χ1v) is 9.38. The third kappa shape index (κ3) is 3.24. The Kier molecular flexibility index (Phi) is 4.28. The number of benzene rings is 1. The maximum absolute atomic E-state index is 12.0. The average molecular weight is 371 g/mol. The fraction of sp³-hybridized carbons (Fsp3) is 0.389. The number of fused-ring (bicyclic) bond motifs is 1. The Morgan fingerprint density at radius 2 is 2.12 bits per heavy atom. The number of amides is 1. The van der Waals surface area contributed by atoms with Gasteiger partial charge < -0.3 is 15.0 Å². The SMILES string of the molecule is COc1ccc(-n2nc(C)c3sc(N(C)CC(=O)NC4CC4)nc32)cc1. The highest BCUT2D eigenvalue weighted by Gasteiger charge is 2.24. The van der Waals surface area contributed by atoms with Gasteiger partial charge in [-0.25, -0.2) is 4.68 Å². The molecule has 1 aliphatic carbocycles. The maximum atomic E-state index is 12.0. The fourth-order valence-electron chi connectivity index (χ4n) is 2.77. The van der Waals surface area contributed by atoms with Gasteiger partial charge in [0.15, 0.2) is 10.8 Å². The lowest BCUT2D eigenvalue weighted by atomic mass is 10.3. The van der Waals surface area contributed by atoms with Gasteiger partial charge in [0.25, 0.3) is 0 Å². The molecule has 1 saturated carbocycles. The van der Waals surface area contributed by atoms with Gasteiger partial charge in [0.2, 0.25) is 5.91 Å². The number of hydrogen-bond donors (Lipinski definition) is 1. The molecule has 7 nitrogen and oxygen atoms in total. The molecule has 0 bridgehead atoms. The Bertz CT molecular complexity index is 943. The first-order chi connectivity index (χ1) is 12.5. The number of nitrogens with one attached hydrogen (secondary N) is 1. The zero-order chi connectivity index (χ0) is 18.3. The second kappa shape index (κ2) is 6.60. The van der Waals surface area contributed by atoms with E-state index in [2.05, 4.69) is 10.4 Å². The van der Waals surface area contributed by atoms with Crippen molar-refractivity contribution < 1.29 is 9.53 Å². The minimum Gasteiger partial charge on any atom is -0.497 e. The molecule has 2 heterocycles. The van der Waals surface area contributed by atoms with Crippen LogP contribution >= 0.6 is 11.3 Å². The number of nitrogens with zero attached hydrogens (tertiary/aromatic N) is 4. The molecule has 0 radical (unpaired) electrons. The molecule has 1 aliphatic rings. The van der Waals surface area contributed by atoms with Gasteiger partial charge in [-0.15, -0.1) is 0 Å². The zero-order valence-corrected chi connectivity index (χ0v) is 15.8. The lowest BCUT2D eigenvalue weighted by Crippen LogP contribution is -2.36. The molecule has 0 spiro atoms. The monoisotopic (exact) mass is 371 g/mol. The van der Waals surface area contributed by atoms with Gasteiger partial charge in [0, 0.05) is 13.1 Å². The number of methoxy groups -OCH3 is 1. The molecule has 3 aromatic rings. The Hall–Kier alpha value is -2.61. The predicted octanol–water partition coefficient (Wildman–Crippen LogP) is 2.51. The fourth-order valence-corrected chi connectivity index (χ4v) is 3.72. The van der Waals surface area contributed by atoms with E-state index in [1.807, 2.05) is 47.8 Å².